The maximum absolute atomic E-state index is 14.1. The fraction of sp³-hybridized carbons (Fsp3) is 0.636. The number of nitrogens with one attached hydrogen (secondary N) is 2. The van der Waals surface area contributed by atoms with E-state index >= 15 is 0 Å². The summed E-state index contributed by atoms with van der Waals surface area (Å²) in [6.07, 6.45) is 0.853. The molecule has 13 nitrogen and oxygen atoms in total. The summed E-state index contributed by atoms with van der Waals surface area (Å²) in [5, 5.41) is 16.7. The lowest BCUT2D eigenvalue weighted by molar-refractivity contribution is -0.146. The molecule has 5 N–H and O–H groups in total. The number of carbonyl (C=O) groups is 4. The topological polar surface area (TPSA) is 167 Å². The van der Waals surface area contributed by atoms with E-state index in [0.717, 1.165) is 24.8 Å². The molecular weight excluding hydrogens is 725 g/mol. The van der Waals surface area contributed by atoms with Crippen LogP contribution in [-0.4, -0.2) is 128 Å². The molecule has 318 valence electrons. The second-order valence-corrected chi connectivity index (χ2v) is 16.2. The number of aliphatic hydroxyl groups is 1. The third-order valence-corrected chi connectivity index (χ3v) is 11.8. The van der Waals surface area contributed by atoms with Crippen LogP contribution in [0.5, 0.6) is 0 Å². The third kappa shape index (κ3) is 13.0. The van der Waals surface area contributed by atoms with Crippen LogP contribution in [0.2, 0.25) is 0 Å². The van der Waals surface area contributed by atoms with E-state index in [-0.39, 0.29) is 54.5 Å². The summed E-state index contributed by atoms with van der Waals surface area (Å²) in [6, 6.07) is 15.1. The molecule has 9 atom stereocenters. The van der Waals surface area contributed by atoms with Crippen LogP contribution in [0.15, 0.2) is 54.6 Å². The Labute approximate surface area is 341 Å². The Morgan fingerprint density at radius 1 is 0.947 bits per heavy atom. The number of benzene rings is 2. The van der Waals surface area contributed by atoms with Crippen molar-refractivity contribution in [1.82, 2.24) is 25.3 Å². The third-order valence-electron chi connectivity index (χ3n) is 11.8. The molecule has 1 fully saturated rings. The minimum Gasteiger partial charge on any atom is -0.399 e. The number of nitrogen functional groups attached to an aromatic ring is 1. The Bertz CT molecular complexity index is 1560. The Kier molecular flexibility index (Phi) is 18.9. The summed E-state index contributed by atoms with van der Waals surface area (Å²) in [7, 11) is 6.73. The van der Waals surface area contributed by atoms with Crippen LogP contribution in [0.4, 0.5) is 5.69 Å². The van der Waals surface area contributed by atoms with Crippen molar-refractivity contribution in [2.24, 2.45) is 17.8 Å². The Morgan fingerprint density at radius 3 is 2.18 bits per heavy atom. The van der Waals surface area contributed by atoms with Gasteiger partial charge in [0.25, 0.3) is 0 Å². The van der Waals surface area contributed by atoms with Crippen LogP contribution in [0.1, 0.15) is 84.5 Å². The zero-order chi connectivity index (χ0) is 42.4. The molecule has 0 radical (unpaired) electrons. The normalized spacial score (nSPS) is 18.6. The van der Waals surface area contributed by atoms with Gasteiger partial charge < -0.3 is 40.7 Å². The fourth-order valence-corrected chi connectivity index (χ4v) is 8.23. The number of hydrogen-bond acceptors (Lipinski definition) is 9. The van der Waals surface area contributed by atoms with Gasteiger partial charge in [0.1, 0.15) is 0 Å². The summed E-state index contributed by atoms with van der Waals surface area (Å²) >= 11 is 0. The molecule has 0 aromatic heterocycles. The van der Waals surface area contributed by atoms with E-state index in [0.29, 0.717) is 30.8 Å². The first-order valence-electron chi connectivity index (χ1n) is 20.5. The van der Waals surface area contributed by atoms with Gasteiger partial charge in [-0.15, -0.1) is 0 Å². The second kappa shape index (κ2) is 22.8. The number of likely N-dealkylation sites (tertiary alicyclic amines) is 1. The Hall–Kier alpha value is -4.04. The molecule has 2 aromatic carbocycles. The first-order valence-corrected chi connectivity index (χ1v) is 20.5. The molecule has 0 spiro atoms. The zero-order valence-electron chi connectivity index (χ0n) is 35.9. The highest BCUT2D eigenvalue weighted by atomic mass is 16.5. The first kappa shape index (κ1) is 47.3. The maximum Gasteiger partial charge on any atom is 0.242 e. The van der Waals surface area contributed by atoms with Gasteiger partial charge in [0.05, 0.1) is 61.4 Å². The second-order valence-electron chi connectivity index (χ2n) is 16.2. The average molecular weight is 795 g/mol. The Morgan fingerprint density at radius 2 is 1.60 bits per heavy atom. The minimum atomic E-state index is -0.881. The van der Waals surface area contributed by atoms with E-state index in [2.05, 4.69) is 10.6 Å². The molecule has 1 heterocycles. The number of nitrogens with zero attached hydrogens (tertiary/aromatic N) is 3. The summed E-state index contributed by atoms with van der Waals surface area (Å²) in [4.78, 5) is 60.3. The molecule has 1 aliphatic rings. The molecule has 0 unspecified atom stereocenters. The maximum atomic E-state index is 14.1. The van der Waals surface area contributed by atoms with Crippen LogP contribution in [0.3, 0.4) is 0 Å². The summed E-state index contributed by atoms with van der Waals surface area (Å²) in [5.74, 6) is -1.53. The quantitative estimate of drug-likeness (QED) is 0.129. The monoisotopic (exact) mass is 795 g/mol. The van der Waals surface area contributed by atoms with Crippen molar-refractivity contribution in [3.05, 3.63) is 65.7 Å². The van der Waals surface area contributed by atoms with E-state index in [9.17, 15) is 24.3 Å². The number of nitrogens with two attached hydrogens (primary N) is 1. The smallest absolute Gasteiger partial charge is 0.242 e. The predicted octanol–water partition coefficient (Wildman–Crippen LogP) is 4.04. The summed E-state index contributed by atoms with van der Waals surface area (Å²) < 4.78 is 11.9. The van der Waals surface area contributed by atoms with Gasteiger partial charge >= 0.3 is 0 Å². The number of methoxy groups -OCH3 is 2. The van der Waals surface area contributed by atoms with Crippen molar-refractivity contribution in [2.45, 2.75) is 116 Å². The van der Waals surface area contributed by atoms with Gasteiger partial charge in [-0.05, 0) is 68.3 Å². The number of hydrogen-bond donors (Lipinski definition) is 4. The van der Waals surface area contributed by atoms with Crippen LogP contribution in [0.25, 0.3) is 0 Å². The van der Waals surface area contributed by atoms with Crippen molar-refractivity contribution in [1.29, 1.82) is 0 Å². The first-order chi connectivity index (χ1) is 27.1. The number of anilines is 1. The highest BCUT2D eigenvalue weighted by molar-refractivity contribution is 5.88. The summed E-state index contributed by atoms with van der Waals surface area (Å²) in [6.45, 7) is 12.6. The molecule has 2 aromatic rings. The molecule has 4 amide bonds. The molecule has 0 bridgehead atoms. The van der Waals surface area contributed by atoms with Crippen LogP contribution < -0.4 is 16.4 Å². The van der Waals surface area contributed by atoms with Gasteiger partial charge in [0.15, 0.2) is 0 Å². The van der Waals surface area contributed by atoms with Gasteiger partial charge in [-0.1, -0.05) is 83.5 Å². The van der Waals surface area contributed by atoms with Gasteiger partial charge in [-0.2, -0.15) is 0 Å². The summed E-state index contributed by atoms with van der Waals surface area (Å²) in [5.41, 5.74) is 8.37. The molecule has 1 saturated heterocycles. The highest BCUT2D eigenvalue weighted by Gasteiger charge is 2.42. The molecule has 3 rings (SSSR count). The van der Waals surface area contributed by atoms with E-state index in [4.69, 9.17) is 15.2 Å². The molecule has 1 aliphatic heterocycles. The number of amides is 4. The fourth-order valence-electron chi connectivity index (χ4n) is 8.23. The van der Waals surface area contributed by atoms with Gasteiger partial charge in [0.2, 0.25) is 23.6 Å². The molecule has 0 aliphatic carbocycles. The predicted molar refractivity (Wildman–Crippen MR) is 224 cm³/mol. The van der Waals surface area contributed by atoms with Crippen LogP contribution in [-0.2, 0) is 35.1 Å². The average Bonchev–Trinajstić information content (AvgIpc) is 3.69. The molecule has 57 heavy (non-hydrogen) atoms. The van der Waals surface area contributed by atoms with E-state index in [1.54, 1.807) is 44.9 Å². The number of aliphatic hydroxyl groups excluding tert-OH is 1. The highest BCUT2D eigenvalue weighted by Crippen LogP contribution is 2.30. The standard InChI is InChI=1S/C44H70N6O7/c1-11-29(4)40(49(8)38(52)27-46-44(55)39(28(2)3)48(7)25-23-32-19-21-34(45)22-20-32)36(56-9)26-37(51)50-24-15-18-35(50)42(57-10)30(5)43(54)47-31(6)41(53)33-16-13-12-14-17-33/h12-14,16-17,19-22,28-31,35-36,39-42,53H,11,15,18,23-27,45H2,1-10H3,(H,46,55)(H,47,54)/t29-,30+,31+,35-,36+,39-,40-,41+,42+/m0/s1. The van der Waals surface area contributed by atoms with Gasteiger partial charge in [0, 0.05) is 40.0 Å². The Balaban J connectivity index is 1.65. The van der Waals surface area contributed by atoms with E-state index < -0.39 is 42.4 Å². The lowest BCUT2D eigenvalue weighted by Crippen LogP contribution is -2.55. The SMILES string of the molecule is CC[C@H](C)[C@@H]([C@@H](CC(=O)N1CCC[C@H]1[C@H](OC)[C@@H](C)C(=O)N[C@H](C)[C@@H](O)c1ccccc1)OC)N(C)C(=O)CNC(=O)[C@H](C(C)C)N(C)CCc1ccc(N)cc1. The molecular formula is C44H70N6O7. The van der Waals surface area contributed by atoms with E-state index in [1.807, 2.05) is 94.2 Å². The van der Waals surface area contributed by atoms with Gasteiger partial charge in [-0.3, -0.25) is 24.1 Å². The van der Waals surface area contributed by atoms with Crippen LogP contribution in [0, 0.1) is 17.8 Å². The van der Waals surface area contributed by atoms with Crippen molar-refractivity contribution in [3.63, 3.8) is 0 Å². The van der Waals surface area contributed by atoms with E-state index in [1.165, 1.54) is 0 Å². The largest absolute Gasteiger partial charge is 0.399 e. The minimum absolute atomic E-state index is 0.00610. The lowest BCUT2D eigenvalue weighted by atomic mass is 9.90. The number of carbonyl (C=O) groups excluding carboxylic acids is 4. The van der Waals surface area contributed by atoms with Crippen LogP contribution >= 0.6 is 0 Å². The van der Waals surface area contributed by atoms with Crippen molar-refractivity contribution < 1.29 is 33.8 Å². The molecule has 13 heteroatoms. The zero-order valence-corrected chi connectivity index (χ0v) is 35.9. The van der Waals surface area contributed by atoms with Crippen molar-refractivity contribution >= 4 is 29.3 Å². The molecule has 0 saturated carbocycles. The number of ether oxygens (including phenoxy) is 2. The van der Waals surface area contributed by atoms with Crippen molar-refractivity contribution in [2.75, 3.05) is 53.7 Å². The van der Waals surface area contributed by atoms with Crippen molar-refractivity contribution in [3.8, 4) is 0 Å². The number of rotatable bonds is 22. The number of likely N-dealkylation sites (N-methyl/N-ethyl adjacent to an activating group) is 2. The van der Waals surface area contributed by atoms with Gasteiger partial charge in [-0.25, -0.2) is 0 Å². The lowest BCUT2D eigenvalue weighted by Gasteiger charge is -2.39.